The van der Waals surface area contributed by atoms with Gasteiger partial charge in [0.1, 0.15) is 4.90 Å². The van der Waals surface area contributed by atoms with Gasteiger partial charge in [-0.05, 0) is 25.7 Å². The molecule has 1 aliphatic heterocycles. The highest BCUT2D eigenvalue weighted by atomic mass is 32.2. The number of aromatic nitrogens is 2. The number of nitrogens with one attached hydrogen (secondary N) is 2. The summed E-state index contributed by atoms with van der Waals surface area (Å²) in [6.45, 7) is 0.867. The molecule has 0 unspecified atom stereocenters. The van der Waals surface area contributed by atoms with Crippen LogP contribution in [0.4, 0.5) is 0 Å². The molecule has 7 nitrogen and oxygen atoms in total. The molecule has 110 valence electrons. The molecule has 20 heavy (non-hydrogen) atoms. The molecule has 0 aromatic carbocycles. The molecule has 2 aliphatic rings. The third kappa shape index (κ3) is 2.71. The standard InChI is InChI=1S/C12H18N4O3S/c17-12(9-1-2-9)15-10-3-5-16(6-4-10)20(18,19)11-7-13-14-8-11/h7-10H,1-6H2,(H,13,14)(H,15,17). The predicted octanol–water partition coefficient (Wildman–Crippen LogP) is 0.0890. The average Bonchev–Trinajstić information content (AvgIpc) is 3.14. The maximum atomic E-state index is 12.3. The van der Waals surface area contributed by atoms with Crippen LogP contribution in [-0.4, -0.2) is 48.0 Å². The smallest absolute Gasteiger partial charge is 0.246 e. The molecule has 0 radical (unpaired) electrons. The normalized spacial score (nSPS) is 21.8. The highest BCUT2D eigenvalue weighted by Crippen LogP contribution is 2.29. The highest BCUT2D eigenvalue weighted by Gasteiger charge is 2.34. The van der Waals surface area contributed by atoms with Crippen molar-refractivity contribution in [2.45, 2.75) is 36.6 Å². The monoisotopic (exact) mass is 298 g/mol. The van der Waals surface area contributed by atoms with Crippen LogP contribution in [0.3, 0.4) is 0 Å². The fraction of sp³-hybridized carbons (Fsp3) is 0.667. The van der Waals surface area contributed by atoms with Gasteiger partial charge in [-0.15, -0.1) is 0 Å². The lowest BCUT2D eigenvalue weighted by atomic mass is 10.1. The molecule has 1 amide bonds. The Morgan fingerprint density at radius 1 is 1.30 bits per heavy atom. The molecule has 0 atom stereocenters. The summed E-state index contributed by atoms with van der Waals surface area (Å²) in [6, 6.07) is 0.0962. The van der Waals surface area contributed by atoms with Crippen LogP contribution < -0.4 is 5.32 Å². The van der Waals surface area contributed by atoms with E-state index in [4.69, 9.17) is 0 Å². The number of piperidine rings is 1. The number of nitrogens with zero attached hydrogens (tertiary/aromatic N) is 2. The molecule has 1 aromatic heterocycles. The van der Waals surface area contributed by atoms with Crippen LogP contribution in [0.15, 0.2) is 17.3 Å². The van der Waals surface area contributed by atoms with Crippen LogP contribution in [0.25, 0.3) is 0 Å². The molecule has 8 heteroatoms. The van der Waals surface area contributed by atoms with Gasteiger partial charge >= 0.3 is 0 Å². The topological polar surface area (TPSA) is 95.2 Å². The summed E-state index contributed by atoms with van der Waals surface area (Å²) < 4.78 is 26.0. The highest BCUT2D eigenvalue weighted by molar-refractivity contribution is 7.89. The van der Waals surface area contributed by atoms with Gasteiger partial charge in [0.25, 0.3) is 0 Å². The maximum Gasteiger partial charge on any atom is 0.246 e. The molecule has 3 rings (SSSR count). The van der Waals surface area contributed by atoms with Gasteiger partial charge < -0.3 is 5.32 Å². The lowest BCUT2D eigenvalue weighted by Crippen LogP contribution is -2.46. The quantitative estimate of drug-likeness (QED) is 0.823. The van der Waals surface area contributed by atoms with Crippen molar-refractivity contribution in [3.05, 3.63) is 12.4 Å². The van der Waals surface area contributed by atoms with Gasteiger partial charge in [0, 0.05) is 31.2 Å². The zero-order valence-corrected chi connectivity index (χ0v) is 11.9. The first-order chi connectivity index (χ1) is 9.57. The third-order valence-electron chi connectivity index (χ3n) is 3.86. The molecule has 2 heterocycles. The Balaban J connectivity index is 1.57. The van der Waals surface area contributed by atoms with Gasteiger partial charge in [-0.3, -0.25) is 9.89 Å². The Hall–Kier alpha value is -1.41. The lowest BCUT2D eigenvalue weighted by molar-refractivity contribution is -0.123. The number of H-pyrrole nitrogens is 1. The van der Waals surface area contributed by atoms with Gasteiger partial charge in [-0.2, -0.15) is 9.40 Å². The Morgan fingerprint density at radius 2 is 2.00 bits per heavy atom. The molecule has 0 bridgehead atoms. The van der Waals surface area contributed by atoms with Crippen molar-refractivity contribution in [3.63, 3.8) is 0 Å². The number of hydrogen-bond donors (Lipinski definition) is 2. The molecule has 1 saturated carbocycles. The predicted molar refractivity (Wildman–Crippen MR) is 71.2 cm³/mol. The zero-order chi connectivity index (χ0) is 14.2. The fourth-order valence-electron chi connectivity index (χ4n) is 2.43. The van der Waals surface area contributed by atoms with Crippen LogP contribution in [0.2, 0.25) is 0 Å². The number of carbonyl (C=O) groups is 1. The van der Waals surface area contributed by atoms with E-state index in [0.29, 0.717) is 25.9 Å². The van der Waals surface area contributed by atoms with Crippen LogP contribution >= 0.6 is 0 Å². The number of carbonyl (C=O) groups excluding carboxylic acids is 1. The van der Waals surface area contributed by atoms with E-state index in [9.17, 15) is 13.2 Å². The van der Waals surface area contributed by atoms with Gasteiger partial charge in [-0.25, -0.2) is 8.42 Å². The van der Waals surface area contributed by atoms with Crippen molar-refractivity contribution in [2.75, 3.05) is 13.1 Å². The molecular formula is C12H18N4O3S. The number of rotatable bonds is 4. The van der Waals surface area contributed by atoms with Crippen LogP contribution in [0, 0.1) is 5.92 Å². The van der Waals surface area contributed by atoms with Gasteiger partial charge in [0.05, 0.1) is 6.20 Å². The van der Waals surface area contributed by atoms with Crippen LogP contribution in [0.5, 0.6) is 0 Å². The van der Waals surface area contributed by atoms with E-state index in [1.165, 1.54) is 16.7 Å². The van der Waals surface area contributed by atoms with Gasteiger partial charge in [0.15, 0.2) is 0 Å². The molecule has 1 aromatic rings. The average molecular weight is 298 g/mol. The first-order valence-corrected chi connectivity index (χ1v) is 8.30. The Bertz CT molecular complexity index is 572. The summed E-state index contributed by atoms with van der Waals surface area (Å²) in [5, 5.41) is 9.20. The Morgan fingerprint density at radius 3 is 2.55 bits per heavy atom. The van der Waals surface area contributed by atoms with Crippen molar-refractivity contribution in [1.29, 1.82) is 0 Å². The fourth-order valence-corrected chi connectivity index (χ4v) is 3.81. The SMILES string of the molecule is O=C(NC1CCN(S(=O)(=O)c2cn[nH]c2)CC1)C1CC1. The van der Waals surface area contributed by atoms with Gasteiger partial charge in [-0.1, -0.05) is 0 Å². The first kappa shape index (κ1) is 13.6. The minimum Gasteiger partial charge on any atom is -0.353 e. The lowest BCUT2D eigenvalue weighted by Gasteiger charge is -2.31. The number of sulfonamides is 1. The second-order valence-corrected chi connectivity index (χ2v) is 7.33. The summed E-state index contributed by atoms with van der Waals surface area (Å²) in [5.74, 6) is 0.323. The summed E-state index contributed by atoms with van der Waals surface area (Å²) in [4.78, 5) is 11.9. The van der Waals surface area contributed by atoms with E-state index in [-0.39, 0.29) is 22.8 Å². The molecule has 1 saturated heterocycles. The summed E-state index contributed by atoms with van der Waals surface area (Å²) in [5.41, 5.74) is 0. The molecule has 2 N–H and O–H groups in total. The number of amides is 1. The van der Waals surface area contributed by atoms with Crippen molar-refractivity contribution < 1.29 is 13.2 Å². The largest absolute Gasteiger partial charge is 0.353 e. The third-order valence-corrected chi connectivity index (χ3v) is 5.72. The summed E-state index contributed by atoms with van der Waals surface area (Å²) in [7, 11) is -3.45. The second-order valence-electron chi connectivity index (χ2n) is 5.40. The zero-order valence-electron chi connectivity index (χ0n) is 11.1. The van der Waals surface area contributed by atoms with Gasteiger partial charge in [0.2, 0.25) is 15.9 Å². The van der Waals surface area contributed by atoms with Crippen LogP contribution in [-0.2, 0) is 14.8 Å². The van der Waals surface area contributed by atoms with Crippen molar-refractivity contribution in [1.82, 2.24) is 19.8 Å². The molecule has 1 aliphatic carbocycles. The van der Waals surface area contributed by atoms with E-state index in [0.717, 1.165) is 12.8 Å². The maximum absolute atomic E-state index is 12.3. The number of hydrogen-bond acceptors (Lipinski definition) is 4. The van der Waals surface area contributed by atoms with E-state index in [1.54, 1.807) is 0 Å². The second kappa shape index (κ2) is 5.17. The molecule has 2 fully saturated rings. The molecule has 0 spiro atoms. The first-order valence-electron chi connectivity index (χ1n) is 6.86. The number of aromatic amines is 1. The van der Waals surface area contributed by atoms with E-state index in [2.05, 4.69) is 15.5 Å². The summed E-state index contributed by atoms with van der Waals surface area (Å²) >= 11 is 0. The summed E-state index contributed by atoms with van der Waals surface area (Å²) in [6.07, 6.45) is 6.00. The van der Waals surface area contributed by atoms with Crippen molar-refractivity contribution in [3.8, 4) is 0 Å². The van der Waals surface area contributed by atoms with E-state index >= 15 is 0 Å². The van der Waals surface area contributed by atoms with E-state index in [1.807, 2.05) is 0 Å². The minimum absolute atomic E-state index is 0.0962. The molecular weight excluding hydrogens is 280 g/mol. The van der Waals surface area contributed by atoms with Crippen molar-refractivity contribution in [2.24, 2.45) is 5.92 Å². The van der Waals surface area contributed by atoms with Crippen LogP contribution in [0.1, 0.15) is 25.7 Å². The Kier molecular flexibility index (Phi) is 3.51. The Labute approximate surface area is 117 Å². The minimum atomic E-state index is -3.45. The van der Waals surface area contributed by atoms with E-state index < -0.39 is 10.0 Å². The van der Waals surface area contributed by atoms with Crippen molar-refractivity contribution >= 4 is 15.9 Å².